The highest BCUT2D eigenvalue weighted by molar-refractivity contribution is 6.17. The Kier molecular flexibility index (Phi) is 3.38. The molecule has 3 rings (SSSR count). The second kappa shape index (κ2) is 5.21. The van der Waals surface area contributed by atoms with Crippen molar-refractivity contribution in [3.05, 3.63) is 70.9 Å². The van der Waals surface area contributed by atoms with Crippen LogP contribution in [0.4, 0.5) is 0 Å². The van der Waals surface area contributed by atoms with Gasteiger partial charge in [-0.25, -0.2) is 0 Å². The molecule has 0 unspecified atom stereocenters. The van der Waals surface area contributed by atoms with Crippen molar-refractivity contribution in [2.45, 2.75) is 20.3 Å². The van der Waals surface area contributed by atoms with Crippen LogP contribution in [0, 0.1) is 6.92 Å². The maximum Gasteiger partial charge on any atom is 0.195 e. The Hall–Kier alpha value is -2.35. The van der Waals surface area contributed by atoms with E-state index >= 15 is 0 Å². The summed E-state index contributed by atoms with van der Waals surface area (Å²) in [6, 6.07) is 14.1. The first-order chi connectivity index (χ1) is 10.1. The van der Waals surface area contributed by atoms with E-state index in [1.54, 1.807) is 0 Å². The van der Waals surface area contributed by atoms with Crippen molar-refractivity contribution in [3.8, 4) is 0 Å². The summed E-state index contributed by atoms with van der Waals surface area (Å²) < 4.78 is 2.03. The Labute approximate surface area is 125 Å². The molecule has 0 saturated heterocycles. The third-order valence-corrected chi connectivity index (χ3v) is 4.03. The molecule has 0 atom stereocenters. The van der Waals surface area contributed by atoms with Crippen molar-refractivity contribution in [2.75, 3.05) is 0 Å². The number of carbonyl (C=O) groups excluding carboxylic acids is 1. The van der Waals surface area contributed by atoms with Gasteiger partial charge in [-0.3, -0.25) is 4.79 Å². The van der Waals surface area contributed by atoms with Crippen molar-refractivity contribution in [1.82, 2.24) is 4.57 Å². The number of hydrogen-bond donors (Lipinski definition) is 0. The van der Waals surface area contributed by atoms with E-state index in [9.17, 15) is 4.79 Å². The van der Waals surface area contributed by atoms with Crippen molar-refractivity contribution in [2.24, 2.45) is 7.05 Å². The molecule has 0 saturated carbocycles. The number of rotatable bonds is 3. The van der Waals surface area contributed by atoms with Gasteiger partial charge in [0.2, 0.25) is 0 Å². The molecule has 1 aromatic heterocycles. The van der Waals surface area contributed by atoms with Gasteiger partial charge in [0.25, 0.3) is 0 Å². The van der Waals surface area contributed by atoms with Crippen molar-refractivity contribution in [1.29, 1.82) is 0 Å². The smallest absolute Gasteiger partial charge is 0.195 e. The summed E-state index contributed by atoms with van der Waals surface area (Å²) in [5, 5.41) is 1.03. The van der Waals surface area contributed by atoms with Gasteiger partial charge in [0.1, 0.15) is 0 Å². The summed E-state index contributed by atoms with van der Waals surface area (Å²) in [6.45, 7) is 4.15. The highest BCUT2D eigenvalue weighted by Gasteiger charge is 2.17. The predicted molar refractivity (Wildman–Crippen MR) is 86.9 cm³/mol. The number of aromatic nitrogens is 1. The van der Waals surface area contributed by atoms with Crippen molar-refractivity contribution in [3.63, 3.8) is 0 Å². The average Bonchev–Trinajstić information content (AvgIpc) is 2.83. The van der Waals surface area contributed by atoms with Crippen LogP contribution >= 0.6 is 0 Å². The van der Waals surface area contributed by atoms with Gasteiger partial charge in [0.15, 0.2) is 5.78 Å². The molecule has 0 aliphatic heterocycles. The minimum absolute atomic E-state index is 0.113. The second-order valence-electron chi connectivity index (χ2n) is 5.51. The van der Waals surface area contributed by atoms with Gasteiger partial charge < -0.3 is 4.57 Å². The molecule has 0 aliphatic rings. The molecule has 1 heterocycles. The minimum Gasteiger partial charge on any atom is -0.350 e. The number of ketones is 1. The summed E-state index contributed by atoms with van der Waals surface area (Å²) >= 11 is 0. The highest BCUT2D eigenvalue weighted by atomic mass is 16.1. The predicted octanol–water partition coefficient (Wildman–Crippen LogP) is 4.28. The molecule has 2 heteroatoms. The van der Waals surface area contributed by atoms with Gasteiger partial charge in [-0.1, -0.05) is 43.3 Å². The summed E-state index contributed by atoms with van der Waals surface area (Å²) in [5.41, 5.74) is 5.01. The third-order valence-electron chi connectivity index (χ3n) is 4.03. The Bertz CT molecular complexity index is 827. The summed E-state index contributed by atoms with van der Waals surface area (Å²) in [6.07, 6.45) is 2.81. The van der Waals surface area contributed by atoms with E-state index in [4.69, 9.17) is 0 Å². The van der Waals surface area contributed by atoms with Crippen LogP contribution in [0.25, 0.3) is 10.9 Å². The van der Waals surface area contributed by atoms with Gasteiger partial charge in [0.05, 0.1) is 0 Å². The van der Waals surface area contributed by atoms with Crippen LogP contribution in [0.3, 0.4) is 0 Å². The highest BCUT2D eigenvalue weighted by Crippen LogP contribution is 2.25. The first-order valence-electron chi connectivity index (χ1n) is 7.30. The Morgan fingerprint density at radius 3 is 2.62 bits per heavy atom. The van der Waals surface area contributed by atoms with E-state index in [1.807, 2.05) is 48.1 Å². The normalized spacial score (nSPS) is 11.0. The molecule has 0 spiro atoms. The molecule has 3 aromatic rings. The maximum absolute atomic E-state index is 12.9. The quantitative estimate of drug-likeness (QED) is 0.655. The molecule has 0 amide bonds. The van der Waals surface area contributed by atoms with Gasteiger partial charge in [-0.2, -0.15) is 0 Å². The maximum atomic E-state index is 12.9. The van der Waals surface area contributed by atoms with E-state index in [-0.39, 0.29) is 5.78 Å². The van der Waals surface area contributed by atoms with Gasteiger partial charge >= 0.3 is 0 Å². The Morgan fingerprint density at radius 1 is 1.10 bits per heavy atom. The molecular weight excluding hydrogens is 258 g/mol. The molecular formula is C19H19NO. The van der Waals surface area contributed by atoms with E-state index in [2.05, 4.69) is 26.0 Å². The molecule has 0 N–H and O–H groups in total. The van der Waals surface area contributed by atoms with Crippen LogP contribution in [-0.2, 0) is 13.5 Å². The monoisotopic (exact) mass is 277 g/mol. The summed E-state index contributed by atoms with van der Waals surface area (Å²) in [5.74, 6) is 0.113. The number of fused-ring (bicyclic) bond motifs is 1. The van der Waals surface area contributed by atoms with Gasteiger partial charge in [-0.05, 0) is 30.5 Å². The molecule has 2 aromatic carbocycles. The van der Waals surface area contributed by atoms with E-state index in [0.717, 1.165) is 34.0 Å². The van der Waals surface area contributed by atoms with Crippen LogP contribution < -0.4 is 0 Å². The fourth-order valence-corrected chi connectivity index (χ4v) is 2.87. The molecule has 106 valence electrons. The lowest BCUT2D eigenvalue weighted by Gasteiger charge is -2.06. The van der Waals surface area contributed by atoms with E-state index in [1.165, 1.54) is 5.56 Å². The number of nitrogens with zero attached hydrogens (tertiary/aromatic N) is 1. The standard InChI is InChI=1S/C19H19NO/c1-4-14-7-5-6-8-15(14)19(21)17-12-20(3)18-11-13(2)9-10-16(17)18/h5-12H,4H2,1-3H3. The van der Waals surface area contributed by atoms with Gasteiger partial charge in [0, 0.05) is 35.3 Å². The lowest BCUT2D eigenvalue weighted by molar-refractivity contribution is 0.103. The molecule has 0 aliphatic carbocycles. The van der Waals surface area contributed by atoms with Crippen LogP contribution in [0.5, 0.6) is 0 Å². The van der Waals surface area contributed by atoms with Crippen molar-refractivity contribution < 1.29 is 4.79 Å². The molecule has 0 fully saturated rings. The molecule has 0 radical (unpaired) electrons. The number of carbonyl (C=O) groups is 1. The molecule has 21 heavy (non-hydrogen) atoms. The minimum atomic E-state index is 0.113. The lowest BCUT2D eigenvalue weighted by Crippen LogP contribution is -2.04. The van der Waals surface area contributed by atoms with Crippen LogP contribution in [-0.4, -0.2) is 10.4 Å². The fraction of sp³-hybridized carbons (Fsp3) is 0.211. The summed E-state index contributed by atoms with van der Waals surface area (Å²) in [4.78, 5) is 12.9. The van der Waals surface area contributed by atoms with E-state index < -0.39 is 0 Å². The number of aryl methyl sites for hydroxylation is 3. The SMILES string of the molecule is CCc1ccccc1C(=O)c1cn(C)c2cc(C)ccc12. The van der Waals surface area contributed by atoms with Crippen molar-refractivity contribution >= 4 is 16.7 Å². The largest absolute Gasteiger partial charge is 0.350 e. The van der Waals surface area contributed by atoms with Crippen LogP contribution in [0.15, 0.2) is 48.7 Å². The lowest BCUT2D eigenvalue weighted by atomic mass is 9.96. The average molecular weight is 277 g/mol. The number of hydrogen-bond acceptors (Lipinski definition) is 1. The third kappa shape index (κ3) is 2.27. The topological polar surface area (TPSA) is 22.0 Å². The Morgan fingerprint density at radius 2 is 1.86 bits per heavy atom. The van der Waals surface area contributed by atoms with E-state index in [0.29, 0.717) is 0 Å². The first-order valence-corrected chi connectivity index (χ1v) is 7.30. The number of benzene rings is 2. The first kappa shape index (κ1) is 13.6. The summed E-state index contributed by atoms with van der Waals surface area (Å²) in [7, 11) is 1.99. The zero-order valence-corrected chi connectivity index (χ0v) is 12.7. The zero-order chi connectivity index (χ0) is 15.0. The molecule has 0 bridgehead atoms. The fourth-order valence-electron chi connectivity index (χ4n) is 2.87. The zero-order valence-electron chi connectivity index (χ0n) is 12.7. The second-order valence-corrected chi connectivity index (χ2v) is 5.51. The van der Waals surface area contributed by atoms with Gasteiger partial charge in [-0.15, -0.1) is 0 Å². The molecule has 2 nitrogen and oxygen atoms in total. The van der Waals surface area contributed by atoms with Crippen LogP contribution in [0.2, 0.25) is 0 Å². The Balaban J connectivity index is 2.19. The van der Waals surface area contributed by atoms with Crippen LogP contribution in [0.1, 0.15) is 34.0 Å².